The number of halogens is 1. The Morgan fingerprint density at radius 2 is 1.56 bits per heavy atom. The molecule has 0 bridgehead atoms. The van der Waals surface area contributed by atoms with E-state index >= 15 is 0 Å². The molecule has 0 aliphatic carbocycles. The van der Waals surface area contributed by atoms with Gasteiger partial charge in [-0.2, -0.15) is 0 Å². The second-order valence-corrected chi connectivity index (χ2v) is 6.35. The molecule has 2 amide bonds. The van der Waals surface area contributed by atoms with E-state index in [1.54, 1.807) is 29.2 Å². The van der Waals surface area contributed by atoms with Gasteiger partial charge in [0.25, 0.3) is 11.8 Å². The molecule has 0 fully saturated rings. The average Bonchev–Trinajstić information content (AvgIpc) is 2.59. The molecule has 0 aromatic heterocycles. The van der Waals surface area contributed by atoms with Crippen LogP contribution in [0.2, 0.25) is 5.02 Å². The smallest absolute Gasteiger partial charge is 0.255 e. The maximum atomic E-state index is 12.5. The minimum Gasteiger partial charge on any atom is -0.339 e. The van der Waals surface area contributed by atoms with Gasteiger partial charge < -0.3 is 10.2 Å². The standard InChI is InChI=1S/C20H23ClN2O2/c1-5-23(6-2)20(25)16-9-7-15(8-10-16)19(24)22-18-14(4)11-13(3)12-17(18)21/h7-12H,5-6H2,1-4H3,(H,22,24). The molecule has 0 radical (unpaired) electrons. The molecule has 0 saturated carbocycles. The minimum atomic E-state index is -0.254. The average molecular weight is 359 g/mol. The highest BCUT2D eigenvalue weighted by molar-refractivity contribution is 6.34. The van der Waals surface area contributed by atoms with Gasteiger partial charge in [0.05, 0.1) is 10.7 Å². The number of aryl methyl sites for hydroxylation is 2. The molecule has 0 unspecified atom stereocenters. The quantitative estimate of drug-likeness (QED) is 0.842. The zero-order valence-corrected chi connectivity index (χ0v) is 15.8. The van der Waals surface area contributed by atoms with Gasteiger partial charge in [-0.3, -0.25) is 9.59 Å². The summed E-state index contributed by atoms with van der Waals surface area (Å²) in [7, 11) is 0. The fourth-order valence-electron chi connectivity index (χ4n) is 2.72. The van der Waals surface area contributed by atoms with Gasteiger partial charge in [0, 0.05) is 24.2 Å². The Morgan fingerprint density at radius 3 is 2.08 bits per heavy atom. The highest BCUT2D eigenvalue weighted by atomic mass is 35.5. The van der Waals surface area contributed by atoms with Crippen molar-refractivity contribution in [2.45, 2.75) is 27.7 Å². The molecule has 2 aromatic rings. The number of nitrogens with zero attached hydrogens (tertiary/aromatic N) is 1. The van der Waals surface area contributed by atoms with Crippen LogP contribution in [0.3, 0.4) is 0 Å². The summed E-state index contributed by atoms with van der Waals surface area (Å²) < 4.78 is 0. The monoisotopic (exact) mass is 358 g/mol. The molecule has 2 rings (SSSR count). The van der Waals surface area contributed by atoms with Crippen molar-refractivity contribution < 1.29 is 9.59 Å². The number of amides is 2. The molecule has 0 saturated heterocycles. The van der Waals surface area contributed by atoms with E-state index in [0.717, 1.165) is 11.1 Å². The molecule has 4 nitrogen and oxygen atoms in total. The van der Waals surface area contributed by atoms with Gasteiger partial charge in [0.1, 0.15) is 0 Å². The fraction of sp³-hybridized carbons (Fsp3) is 0.300. The number of rotatable bonds is 5. The summed E-state index contributed by atoms with van der Waals surface area (Å²) >= 11 is 6.23. The summed E-state index contributed by atoms with van der Waals surface area (Å²) in [6.07, 6.45) is 0. The van der Waals surface area contributed by atoms with Crippen LogP contribution in [0.4, 0.5) is 5.69 Å². The Labute approximate surface area is 153 Å². The zero-order valence-electron chi connectivity index (χ0n) is 15.0. The summed E-state index contributed by atoms with van der Waals surface area (Å²) in [5, 5.41) is 3.36. The summed E-state index contributed by atoms with van der Waals surface area (Å²) in [6, 6.07) is 10.5. The molecular formula is C20H23ClN2O2. The number of hydrogen-bond acceptors (Lipinski definition) is 2. The molecular weight excluding hydrogens is 336 g/mol. The third-order valence-electron chi connectivity index (χ3n) is 4.11. The van der Waals surface area contributed by atoms with Crippen LogP contribution in [0.25, 0.3) is 0 Å². The van der Waals surface area contributed by atoms with Gasteiger partial charge in [-0.25, -0.2) is 0 Å². The van der Waals surface area contributed by atoms with Crippen LogP contribution in [-0.4, -0.2) is 29.8 Å². The summed E-state index contributed by atoms with van der Waals surface area (Å²) in [4.78, 5) is 26.5. The van der Waals surface area contributed by atoms with Gasteiger partial charge in [-0.15, -0.1) is 0 Å². The van der Waals surface area contributed by atoms with Crippen molar-refractivity contribution in [2.75, 3.05) is 18.4 Å². The van der Waals surface area contributed by atoms with Gasteiger partial charge in [-0.1, -0.05) is 17.7 Å². The molecule has 0 spiro atoms. The van der Waals surface area contributed by atoms with Crippen molar-refractivity contribution in [3.63, 3.8) is 0 Å². The molecule has 25 heavy (non-hydrogen) atoms. The lowest BCUT2D eigenvalue weighted by Crippen LogP contribution is -2.30. The molecule has 0 aliphatic rings. The lowest BCUT2D eigenvalue weighted by Gasteiger charge is -2.18. The first-order chi connectivity index (χ1) is 11.9. The third-order valence-corrected chi connectivity index (χ3v) is 4.41. The van der Waals surface area contributed by atoms with E-state index in [0.29, 0.717) is 34.9 Å². The first kappa shape index (κ1) is 19.0. The van der Waals surface area contributed by atoms with Crippen molar-refractivity contribution in [1.82, 2.24) is 4.90 Å². The normalized spacial score (nSPS) is 10.4. The zero-order chi connectivity index (χ0) is 18.6. The Morgan fingerprint density at radius 1 is 1.00 bits per heavy atom. The van der Waals surface area contributed by atoms with Gasteiger partial charge in [0.2, 0.25) is 0 Å². The fourth-order valence-corrected chi connectivity index (χ4v) is 3.09. The molecule has 0 heterocycles. The van der Waals surface area contributed by atoms with Crippen molar-refractivity contribution >= 4 is 29.1 Å². The number of carbonyl (C=O) groups is 2. The third kappa shape index (κ3) is 4.40. The topological polar surface area (TPSA) is 49.4 Å². The van der Waals surface area contributed by atoms with Crippen LogP contribution in [0, 0.1) is 13.8 Å². The van der Waals surface area contributed by atoms with E-state index in [-0.39, 0.29) is 11.8 Å². The van der Waals surface area contributed by atoms with Crippen molar-refractivity contribution in [3.8, 4) is 0 Å². The van der Waals surface area contributed by atoms with E-state index in [9.17, 15) is 9.59 Å². The molecule has 0 aliphatic heterocycles. The maximum absolute atomic E-state index is 12.5. The summed E-state index contributed by atoms with van der Waals surface area (Å²) in [6.45, 7) is 9.05. The number of anilines is 1. The predicted octanol–water partition coefficient (Wildman–Crippen LogP) is 4.69. The Balaban J connectivity index is 2.17. The van der Waals surface area contributed by atoms with Crippen molar-refractivity contribution in [1.29, 1.82) is 0 Å². The van der Waals surface area contributed by atoms with Crippen LogP contribution in [0.1, 0.15) is 45.7 Å². The highest BCUT2D eigenvalue weighted by Gasteiger charge is 2.15. The van der Waals surface area contributed by atoms with Gasteiger partial charge >= 0.3 is 0 Å². The largest absolute Gasteiger partial charge is 0.339 e. The summed E-state index contributed by atoms with van der Waals surface area (Å²) in [5.41, 5.74) is 3.61. The van der Waals surface area contributed by atoms with Crippen molar-refractivity contribution in [3.05, 3.63) is 63.7 Å². The molecule has 1 N–H and O–H groups in total. The van der Waals surface area contributed by atoms with Crippen LogP contribution in [0.5, 0.6) is 0 Å². The first-order valence-corrected chi connectivity index (χ1v) is 8.72. The number of carbonyl (C=O) groups excluding carboxylic acids is 2. The molecule has 132 valence electrons. The van der Waals surface area contributed by atoms with Crippen LogP contribution >= 0.6 is 11.6 Å². The Bertz CT molecular complexity index is 758. The maximum Gasteiger partial charge on any atom is 0.255 e. The highest BCUT2D eigenvalue weighted by Crippen LogP contribution is 2.27. The number of nitrogens with one attached hydrogen (secondary N) is 1. The van der Waals surface area contributed by atoms with Crippen LogP contribution in [-0.2, 0) is 0 Å². The van der Waals surface area contributed by atoms with E-state index in [4.69, 9.17) is 11.6 Å². The van der Waals surface area contributed by atoms with Gasteiger partial charge in [0.15, 0.2) is 0 Å². The SMILES string of the molecule is CCN(CC)C(=O)c1ccc(C(=O)Nc2c(C)cc(C)cc2Cl)cc1. The Hall–Kier alpha value is -2.33. The van der Waals surface area contributed by atoms with E-state index in [1.165, 1.54) is 0 Å². The van der Waals surface area contributed by atoms with Crippen LogP contribution < -0.4 is 5.32 Å². The van der Waals surface area contributed by atoms with Crippen LogP contribution in [0.15, 0.2) is 36.4 Å². The second kappa shape index (κ2) is 8.17. The van der Waals surface area contributed by atoms with E-state index < -0.39 is 0 Å². The molecule has 0 atom stereocenters. The van der Waals surface area contributed by atoms with Gasteiger partial charge in [-0.05, 0) is 69.2 Å². The predicted molar refractivity (Wildman–Crippen MR) is 103 cm³/mol. The van der Waals surface area contributed by atoms with Crippen molar-refractivity contribution in [2.24, 2.45) is 0 Å². The summed E-state index contributed by atoms with van der Waals surface area (Å²) in [5.74, 6) is -0.287. The lowest BCUT2D eigenvalue weighted by molar-refractivity contribution is 0.0772. The van der Waals surface area contributed by atoms with E-state index in [1.807, 2.05) is 39.8 Å². The minimum absolute atomic E-state index is 0.0330. The Kier molecular flexibility index (Phi) is 6.21. The number of benzene rings is 2. The second-order valence-electron chi connectivity index (χ2n) is 5.95. The first-order valence-electron chi connectivity index (χ1n) is 8.34. The molecule has 5 heteroatoms. The number of hydrogen-bond donors (Lipinski definition) is 1. The molecule has 2 aromatic carbocycles. The van der Waals surface area contributed by atoms with E-state index in [2.05, 4.69) is 5.32 Å². The lowest BCUT2D eigenvalue weighted by atomic mass is 10.1.